The molecule has 5 heteroatoms. The first-order chi connectivity index (χ1) is 9.95. The highest BCUT2D eigenvalue weighted by Gasteiger charge is 2.24. The summed E-state index contributed by atoms with van der Waals surface area (Å²) in [5.41, 5.74) is 3.06. The van der Waals surface area contributed by atoms with Gasteiger partial charge in [0.2, 0.25) is 10.0 Å². The fourth-order valence-corrected chi connectivity index (χ4v) is 4.42. The van der Waals surface area contributed by atoms with Crippen molar-refractivity contribution < 1.29 is 8.42 Å². The zero-order chi connectivity index (χ0) is 15.5. The number of rotatable bonds is 6. The van der Waals surface area contributed by atoms with Crippen LogP contribution in [0.4, 0.5) is 5.69 Å². The van der Waals surface area contributed by atoms with Crippen LogP contribution in [-0.2, 0) is 16.4 Å². The zero-order valence-corrected chi connectivity index (χ0v) is 14.0. The summed E-state index contributed by atoms with van der Waals surface area (Å²) < 4.78 is 28.1. The van der Waals surface area contributed by atoms with E-state index in [1.165, 1.54) is 0 Å². The molecule has 1 aliphatic rings. The van der Waals surface area contributed by atoms with Gasteiger partial charge in [-0.1, -0.05) is 25.8 Å². The molecular weight excluding hydrogens is 284 g/mol. The monoisotopic (exact) mass is 310 g/mol. The Labute approximate surface area is 128 Å². The summed E-state index contributed by atoms with van der Waals surface area (Å²) in [5, 5.41) is 3.34. The van der Waals surface area contributed by atoms with Crippen molar-refractivity contribution in [2.75, 3.05) is 11.9 Å². The van der Waals surface area contributed by atoms with E-state index in [1.54, 1.807) is 6.07 Å². The van der Waals surface area contributed by atoms with Crippen LogP contribution in [0.3, 0.4) is 0 Å². The van der Waals surface area contributed by atoms with Crippen LogP contribution in [-0.4, -0.2) is 21.0 Å². The Hall–Kier alpha value is -1.07. The molecule has 2 rings (SSSR count). The average Bonchev–Trinajstić information content (AvgIpc) is 2.45. The molecule has 0 aliphatic carbocycles. The van der Waals surface area contributed by atoms with Gasteiger partial charge in [-0.2, -0.15) is 0 Å². The molecular formula is C16H26N2O2S. The topological polar surface area (TPSA) is 58.2 Å². The molecule has 118 valence electrons. The standard InChI is InChI=1S/C16H26N2O2S/c1-4-5-7-13(3)18-21(19,20)15-10-9-12(2)16-14(15)8-6-11-17-16/h9-10,13,17-18H,4-8,11H2,1-3H3. The van der Waals surface area contributed by atoms with E-state index in [9.17, 15) is 8.42 Å². The molecule has 1 unspecified atom stereocenters. The van der Waals surface area contributed by atoms with Crippen LogP contribution >= 0.6 is 0 Å². The van der Waals surface area contributed by atoms with Crippen molar-refractivity contribution in [1.82, 2.24) is 4.72 Å². The number of hydrogen-bond donors (Lipinski definition) is 2. The maximum absolute atomic E-state index is 12.7. The van der Waals surface area contributed by atoms with Crippen LogP contribution in [0.1, 0.15) is 50.7 Å². The molecule has 0 saturated heterocycles. The van der Waals surface area contributed by atoms with Crippen molar-refractivity contribution in [2.24, 2.45) is 0 Å². The molecule has 1 heterocycles. The van der Waals surface area contributed by atoms with E-state index in [4.69, 9.17) is 0 Å². The second kappa shape index (κ2) is 6.79. The van der Waals surface area contributed by atoms with Crippen molar-refractivity contribution in [3.63, 3.8) is 0 Å². The van der Waals surface area contributed by atoms with Gasteiger partial charge < -0.3 is 5.32 Å². The first-order valence-electron chi connectivity index (χ1n) is 7.84. The lowest BCUT2D eigenvalue weighted by atomic mass is 10.00. The van der Waals surface area contributed by atoms with E-state index in [2.05, 4.69) is 17.0 Å². The highest BCUT2D eigenvalue weighted by molar-refractivity contribution is 7.89. The minimum Gasteiger partial charge on any atom is -0.385 e. The van der Waals surface area contributed by atoms with Gasteiger partial charge in [-0.25, -0.2) is 13.1 Å². The molecule has 4 nitrogen and oxygen atoms in total. The molecule has 2 N–H and O–H groups in total. The summed E-state index contributed by atoms with van der Waals surface area (Å²) in [5.74, 6) is 0. The predicted molar refractivity (Wildman–Crippen MR) is 87.3 cm³/mol. The van der Waals surface area contributed by atoms with E-state index in [0.29, 0.717) is 4.90 Å². The average molecular weight is 310 g/mol. The summed E-state index contributed by atoms with van der Waals surface area (Å²) in [4.78, 5) is 0.443. The van der Waals surface area contributed by atoms with Crippen LogP contribution in [0, 0.1) is 6.92 Å². The number of aryl methyl sites for hydroxylation is 1. The minimum atomic E-state index is -3.44. The van der Waals surface area contributed by atoms with Crippen LogP contribution in [0.15, 0.2) is 17.0 Å². The number of anilines is 1. The summed E-state index contributed by atoms with van der Waals surface area (Å²) in [6, 6.07) is 3.61. The van der Waals surface area contributed by atoms with Crippen LogP contribution < -0.4 is 10.0 Å². The Morgan fingerprint density at radius 1 is 1.38 bits per heavy atom. The van der Waals surface area contributed by atoms with Crippen LogP contribution in [0.2, 0.25) is 0 Å². The number of nitrogens with one attached hydrogen (secondary N) is 2. The molecule has 21 heavy (non-hydrogen) atoms. The number of sulfonamides is 1. The zero-order valence-electron chi connectivity index (χ0n) is 13.2. The maximum atomic E-state index is 12.7. The van der Waals surface area contributed by atoms with Crippen LogP contribution in [0.25, 0.3) is 0 Å². The molecule has 1 atom stereocenters. The SMILES string of the molecule is CCCCC(C)NS(=O)(=O)c1ccc(C)c2c1CCCN2. The third-order valence-corrected chi connectivity index (χ3v) is 5.69. The third kappa shape index (κ3) is 3.77. The second-order valence-electron chi connectivity index (χ2n) is 5.93. The van der Waals surface area contributed by atoms with Crippen molar-refractivity contribution in [2.45, 2.75) is 63.8 Å². The highest BCUT2D eigenvalue weighted by atomic mass is 32.2. The van der Waals surface area contributed by atoms with Crippen molar-refractivity contribution in [1.29, 1.82) is 0 Å². The summed E-state index contributed by atoms with van der Waals surface area (Å²) in [7, 11) is -3.44. The van der Waals surface area contributed by atoms with Crippen molar-refractivity contribution >= 4 is 15.7 Å². The van der Waals surface area contributed by atoms with Gasteiger partial charge in [0.1, 0.15) is 0 Å². The molecule has 1 aliphatic heterocycles. The molecule has 1 aromatic rings. The molecule has 1 aromatic carbocycles. The lowest BCUT2D eigenvalue weighted by Crippen LogP contribution is -2.33. The lowest BCUT2D eigenvalue weighted by molar-refractivity contribution is 0.533. The summed E-state index contributed by atoms with van der Waals surface area (Å²) >= 11 is 0. The Bertz CT molecular complexity index is 597. The van der Waals surface area contributed by atoms with Crippen molar-refractivity contribution in [3.8, 4) is 0 Å². The van der Waals surface area contributed by atoms with E-state index < -0.39 is 10.0 Å². The van der Waals surface area contributed by atoms with Crippen molar-refractivity contribution in [3.05, 3.63) is 23.3 Å². The van der Waals surface area contributed by atoms with Gasteiger partial charge in [-0.05, 0) is 50.3 Å². The Morgan fingerprint density at radius 3 is 2.86 bits per heavy atom. The molecule has 0 saturated carbocycles. The van der Waals surface area contributed by atoms with E-state index in [0.717, 1.165) is 55.5 Å². The van der Waals surface area contributed by atoms with Gasteiger partial charge in [0.25, 0.3) is 0 Å². The Morgan fingerprint density at radius 2 is 2.14 bits per heavy atom. The van der Waals surface area contributed by atoms with Gasteiger partial charge >= 0.3 is 0 Å². The third-order valence-electron chi connectivity index (χ3n) is 4.02. The minimum absolute atomic E-state index is 0.0246. The number of hydrogen-bond acceptors (Lipinski definition) is 3. The first-order valence-corrected chi connectivity index (χ1v) is 9.32. The lowest BCUT2D eigenvalue weighted by Gasteiger charge is -2.24. The largest absolute Gasteiger partial charge is 0.385 e. The molecule has 0 amide bonds. The quantitative estimate of drug-likeness (QED) is 0.848. The number of unbranched alkanes of at least 4 members (excludes halogenated alkanes) is 1. The smallest absolute Gasteiger partial charge is 0.241 e. The fourth-order valence-electron chi connectivity index (χ4n) is 2.87. The maximum Gasteiger partial charge on any atom is 0.241 e. The summed E-state index contributed by atoms with van der Waals surface area (Å²) in [6.07, 6.45) is 4.79. The van der Waals surface area contributed by atoms with Gasteiger partial charge in [-0.15, -0.1) is 0 Å². The van der Waals surface area contributed by atoms with Gasteiger partial charge in [-0.3, -0.25) is 0 Å². The van der Waals surface area contributed by atoms with E-state index >= 15 is 0 Å². The molecule has 0 radical (unpaired) electrons. The van der Waals surface area contributed by atoms with E-state index in [-0.39, 0.29) is 6.04 Å². The normalized spacial score (nSPS) is 16.1. The molecule has 0 spiro atoms. The highest BCUT2D eigenvalue weighted by Crippen LogP contribution is 2.31. The number of benzene rings is 1. The molecule has 0 bridgehead atoms. The Kier molecular flexibility index (Phi) is 5.27. The van der Waals surface area contributed by atoms with Gasteiger partial charge in [0.15, 0.2) is 0 Å². The van der Waals surface area contributed by atoms with Gasteiger partial charge in [0.05, 0.1) is 4.90 Å². The molecule has 0 aromatic heterocycles. The first kappa shape index (κ1) is 16.3. The number of fused-ring (bicyclic) bond motifs is 1. The fraction of sp³-hybridized carbons (Fsp3) is 0.625. The summed E-state index contributed by atoms with van der Waals surface area (Å²) in [6.45, 7) is 6.98. The second-order valence-corrected chi connectivity index (χ2v) is 7.61. The predicted octanol–water partition coefficient (Wildman–Crippen LogP) is 3.21. The van der Waals surface area contributed by atoms with E-state index in [1.807, 2.05) is 19.9 Å². The van der Waals surface area contributed by atoms with Crippen LogP contribution in [0.5, 0.6) is 0 Å². The Balaban J connectivity index is 2.28. The molecule has 0 fully saturated rings. The van der Waals surface area contributed by atoms with Gasteiger partial charge in [0, 0.05) is 18.3 Å².